The van der Waals surface area contributed by atoms with Crippen molar-refractivity contribution in [3.05, 3.63) is 24.3 Å². The van der Waals surface area contributed by atoms with E-state index in [4.69, 9.17) is 4.52 Å². The Bertz CT molecular complexity index is 627. The predicted molar refractivity (Wildman–Crippen MR) is 81.4 cm³/mol. The first-order valence-corrected chi connectivity index (χ1v) is 7.79. The number of piperidine rings is 1. The van der Waals surface area contributed by atoms with Crippen LogP contribution in [-0.2, 0) is 0 Å². The van der Waals surface area contributed by atoms with Gasteiger partial charge in [0.25, 0.3) is 0 Å². The number of rotatable bonds is 2. The minimum atomic E-state index is 0.320. The Kier molecular flexibility index (Phi) is 3.31. The van der Waals surface area contributed by atoms with E-state index in [0.29, 0.717) is 18.6 Å². The molecule has 2 saturated heterocycles. The van der Waals surface area contributed by atoms with Crippen LogP contribution in [0.3, 0.4) is 0 Å². The standard InChI is InChI=1S/C16H21N3O2/c20-11-12-5-6-13-10-19(8-7-18(13)9-12)16-14-3-1-2-4-15(14)21-17-16/h1-4,12-13,20H,5-11H2/t12-,13-/m1/s1. The normalized spacial score (nSPS) is 27.0. The third-order valence-corrected chi connectivity index (χ3v) is 4.92. The summed E-state index contributed by atoms with van der Waals surface area (Å²) in [6, 6.07) is 8.64. The number of fused-ring (bicyclic) bond motifs is 2. The lowest BCUT2D eigenvalue weighted by molar-refractivity contribution is 0.0672. The van der Waals surface area contributed by atoms with E-state index in [0.717, 1.165) is 55.8 Å². The average Bonchev–Trinajstić information content (AvgIpc) is 2.98. The molecule has 0 amide bonds. The fourth-order valence-electron chi connectivity index (χ4n) is 3.70. The second-order valence-electron chi connectivity index (χ2n) is 6.22. The fraction of sp³-hybridized carbons (Fsp3) is 0.562. The number of hydrogen-bond acceptors (Lipinski definition) is 5. The maximum absolute atomic E-state index is 9.34. The Hall–Kier alpha value is -1.59. The molecule has 1 aromatic heterocycles. The molecule has 1 aromatic carbocycles. The Labute approximate surface area is 124 Å². The summed E-state index contributed by atoms with van der Waals surface area (Å²) in [6.07, 6.45) is 2.29. The molecule has 0 bridgehead atoms. The number of aliphatic hydroxyl groups is 1. The van der Waals surface area contributed by atoms with Crippen molar-refractivity contribution in [3.63, 3.8) is 0 Å². The topological polar surface area (TPSA) is 52.7 Å². The van der Waals surface area contributed by atoms with Gasteiger partial charge in [0.05, 0.1) is 5.39 Å². The Morgan fingerprint density at radius 1 is 1.19 bits per heavy atom. The molecule has 21 heavy (non-hydrogen) atoms. The molecule has 4 rings (SSSR count). The molecule has 0 radical (unpaired) electrons. The highest BCUT2D eigenvalue weighted by Gasteiger charge is 2.33. The molecule has 0 aliphatic carbocycles. The van der Waals surface area contributed by atoms with E-state index in [-0.39, 0.29) is 0 Å². The van der Waals surface area contributed by atoms with Crippen molar-refractivity contribution in [3.8, 4) is 0 Å². The zero-order chi connectivity index (χ0) is 14.2. The summed E-state index contributed by atoms with van der Waals surface area (Å²) >= 11 is 0. The van der Waals surface area contributed by atoms with Gasteiger partial charge < -0.3 is 14.5 Å². The number of aromatic nitrogens is 1. The molecular weight excluding hydrogens is 266 g/mol. The zero-order valence-electron chi connectivity index (χ0n) is 12.1. The second-order valence-corrected chi connectivity index (χ2v) is 6.22. The molecule has 0 unspecified atom stereocenters. The van der Waals surface area contributed by atoms with E-state index in [2.05, 4.69) is 21.0 Å². The van der Waals surface area contributed by atoms with Crippen LogP contribution in [0.2, 0.25) is 0 Å². The van der Waals surface area contributed by atoms with Crippen molar-refractivity contribution in [2.24, 2.45) is 5.92 Å². The minimum Gasteiger partial charge on any atom is -0.396 e. The van der Waals surface area contributed by atoms with E-state index >= 15 is 0 Å². The summed E-state index contributed by atoms with van der Waals surface area (Å²) < 4.78 is 5.43. The molecule has 2 aliphatic rings. The maximum atomic E-state index is 9.34. The second kappa shape index (κ2) is 5.31. The Balaban J connectivity index is 1.54. The van der Waals surface area contributed by atoms with E-state index < -0.39 is 0 Å². The molecular formula is C16H21N3O2. The fourth-order valence-corrected chi connectivity index (χ4v) is 3.70. The number of piperazine rings is 1. The van der Waals surface area contributed by atoms with Gasteiger partial charge in [-0.3, -0.25) is 4.90 Å². The van der Waals surface area contributed by atoms with Crippen molar-refractivity contribution < 1.29 is 9.63 Å². The molecule has 0 spiro atoms. The number of para-hydroxylation sites is 1. The first-order chi connectivity index (χ1) is 10.3. The van der Waals surface area contributed by atoms with Gasteiger partial charge in [-0.05, 0) is 30.9 Å². The lowest BCUT2D eigenvalue weighted by Gasteiger charge is -2.46. The molecule has 5 nitrogen and oxygen atoms in total. The quantitative estimate of drug-likeness (QED) is 0.911. The van der Waals surface area contributed by atoms with Gasteiger partial charge in [0, 0.05) is 38.8 Å². The van der Waals surface area contributed by atoms with Crippen molar-refractivity contribution in [1.82, 2.24) is 10.1 Å². The predicted octanol–water partition coefficient (Wildman–Crippen LogP) is 1.72. The molecule has 1 N–H and O–H groups in total. The van der Waals surface area contributed by atoms with Crippen molar-refractivity contribution >= 4 is 16.8 Å². The Morgan fingerprint density at radius 3 is 3.00 bits per heavy atom. The lowest BCUT2D eigenvalue weighted by Crippen LogP contribution is -2.57. The molecule has 0 saturated carbocycles. The summed E-state index contributed by atoms with van der Waals surface area (Å²) in [7, 11) is 0. The molecule has 2 aliphatic heterocycles. The number of hydrogen-bond donors (Lipinski definition) is 1. The van der Waals surface area contributed by atoms with Crippen LogP contribution in [0.1, 0.15) is 12.8 Å². The number of benzene rings is 1. The highest BCUT2D eigenvalue weighted by atomic mass is 16.5. The third-order valence-electron chi connectivity index (χ3n) is 4.92. The maximum Gasteiger partial charge on any atom is 0.180 e. The highest BCUT2D eigenvalue weighted by Crippen LogP contribution is 2.30. The SMILES string of the molecule is OC[C@@H]1CC[C@@H]2CN(c3noc4ccccc34)CCN2C1. The summed E-state index contributed by atoms with van der Waals surface area (Å²) in [4.78, 5) is 4.88. The first kappa shape index (κ1) is 13.1. The number of nitrogens with zero attached hydrogens (tertiary/aromatic N) is 3. The summed E-state index contributed by atoms with van der Waals surface area (Å²) in [6.45, 7) is 4.39. The minimum absolute atomic E-state index is 0.320. The van der Waals surface area contributed by atoms with E-state index in [1.807, 2.05) is 18.2 Å². The van der Waals surface area contributed by atoms with Crippen molar-refractivity contribution in [1.29, 1.82) is 0 Å². The van der Waals surface area contributed by atoms with Gasteiger partial charge in [-0.1, -0.05) is 17.3 Å². The van der Waals surface area contributed by atoms with Gasteiger partial charge in [0.2, 0.25) is 0 Å². The van der Waals surface area contributed by atoms with Crippen LogP contribution in [-0.4, -0.2) is 54.0 Å². The summed E-state index contributed by atoms with van der Waals surface area (Å²) in [5, 5.41) is 14.7. The van der Waals surface area contributed by atoms with Crippen molar-refractivity contribution in [2.75, 3.05) is 37.7 Å². The van der Waals surface area contributed by atoms with E-state index in [1.54, 1.807) is 0 Å². The van der Waals surface area contributed by atoms with Crippen molar-refractivity contribution in [2.45, 2.75) is 18.9 Å². The number of anilines is 1. The summed E-state index contributed by atoms with van der Waals surface area (Å²) in [5.74, 6) is 1.44. The van der Waals surface area contributed by atoms with Gasteiger partial charge in [0.15, 0.2) is 11.4 Å². The van der Waals surface area contributed by atoms with Gasteiger partial charge in [-0.2, -0.15) is 0 Å². The average molecular weight is 287 g/mol. The molecule has 2 aromatic rings. The van der Waals surface area contributed by atoms with Gasteiger partial charge in [-0.25, -0.2) is 0 Å². The van der Waals surface area contributed by atoms with E-state index in [1.165, 1.54) is 0 Å². The monoisotopic (exact) mass is 287 g/mol. The van der Waals surface area contributed by atoms with Crippen LogP contribution in [0.15, 0.2) is 28.8 Å². The Morgan fingerprint density at radius 2 is 2.10 bits per heavy atom. The van der Waals surface area contributed by atoms with Crippen LogP contribution in [0.4, 0.5) is 5.82 Å². The molecule has 2 atom stereocenters. The van der Waals surface area contributed by atoms with Gasteiger partial charge in [0.1, 0.15) is 0 Å². The number of aliphatic hydroxyl groups excluding tert-OH is 1. The molecule has 2 fully saturated rings. The molecule has 5 heteroatoms. The molecule has 3 heterocycles. The van der Waals surface area contributed by atoms with Crippen LogP contribution >= 0.6 is 0 Å². The molecule has 112 valence electrons. The van der Waals surface area contributed by atoms with Gasteiger partial charge in [-0.15, -0.1) is 0 Å². The summed E-state index contributed by atoms with van der Waals surface area (Å²) in [5.41, 5.74) is 0.860. The van der Waals surface area contributed by atoms with Crippen LogP contribution in [0.5, 0.6) is 0 Å². The van der Waals surface area contributed by atoms with Crippen LogP contribution in [0.25, 0.3) is 11.0 Å². The highest BCUT2D eigenvalue weighted by molar-refractivity contribution is 5.88. The smallest absolute Gasteiger partial charge is 0.180 e. The lowest BCUT2D eigenvalue weighted by atomic mass is 9.91. The van der Waals surface area contributed by atoms with Gasteiger partial charge >= 0.3 is 0 Å². The largest absolute Gasteiger partial charge is 0.396 e. The zero-order valence-corrected chi connectivity index (χ0v) is 12.1. The van der Waals surface area contributed by atoms with Crippen LogP contribution in [0, 0.1) is 5.92 Å². The first-order valence-electron chi connectivity index (χ1n) is 7.79. The van der Waals surface area contributed by atoms with Crippen LogP contribution < -0.4 is 4.90 Å². The van der Waals surface area contributed by atoms with E-state index in [9.17, 15) is 5.11 Å². The third kappa shape index (κ3) is 2.30.